The summed E-state index contributed by atoms with van der Waals surface area (Å²) in [5.41, 5.74) is 0. The summed E-state index contributed by atoms with van der Waals surface area (Å²) in [5, 5.41) is 4.69. The highest BCUT2D eigenvalue weighted by atomic mass is 35.5. The molecule has 1 aromatic carbocycles. The van der Waals surface area contributed by atoms with Gasteiger partial charge in [0.25, 0.3) is 0 Å². The number of likely N-dealkylation sites (tertiary alicyclic amines) is 1. The molecule has 0 spiro atoms. The minimum Gasteiger partial charge on any atom is -0.490 e. The quantitative estimate of drug-likeness (QED) is 0.770. The third kappa shape index (κ3) is 4.75. The van der Waals surface area contributed by atoms with Crippen LogP contribution in [-0.4, -0.2) is 40.3 Å². The summed E-state index contributed by atoms with van der Waals surface area (Å²) in [5.74, 6) is 0.0331. The number of para-hydroxylation sites is 1. The number of halogens is 2. The standard InChI is InChI=1S/C19H23ClFN3O2/c1-14(10-24-12-16(20)9-22-24)19(25)23-8-4-5-15(11-23)13-26-18-7-3-2-6-17(18)21/h2-3,6-7,9,12,14-15H,4-5,8,10-11,13H2,1H3/t14-,15-/m1/s1. The van der Waals surface area contributed by atoms with Crippen LogP contribution in [0.3, 0.4) is 0 Å². The lowest BCUT2D eigenvalue weighted by atomic mass is 9.97. The molecule has 1 aliphatic heterocycles. The van der Waals surface area contributed by atoms with E-state index in [0.29, 0.717) is 24.7 Å². The van der Waals surface area contributed by atoms with E-state index in [0.717, 1.165) is 19.4 Å². The lowest BCUT2D eigenvalue weighted by molar-refractivity contribution is -0.137. The monoisotopic (exact) mass is 379 g/mol. The van der Waals surface area contributed by atoms with Gasteiger partial charge in [-0.1, -0.05) is 30.7 Å². The van der Waals surface area contributed by atoms with E-state index in [1.54, 1.807) is 35.3 Å². The van der Waals surface area contributed by atoms with E-state index in [9.17, 15) is 9.18 Å². The highest BCUT2D eigenvalue weighted by Crippen LogP contribution is 2.22. The van der Waals surface area contributed by atoms with Gasteiger partial charge < -0.3 is 9.64 Å². The zero-order chi connectivity index (χ0) is 18.5. The van der Waals surface area contributed by atoms with Crippen LogP contribution in [0.2, 0.25) is 5.02 Å². The summed E-state index contributed by atoms with van der Waals surface area (Å²) in [4.78, 5) is 14.6. The highest BCUT2D eigenvalue weighted by molar-refractivity contribution is 6.30. The molecule has 2 heterocycles. The van der Waals surface area contributed by atoms with E-state index in [4.69, 9.17) is 16.3 Å². The highest BCUT2D eigenvalue weighted by Gasteiger charge is 2.27. The molecule has 2 aromatic rings. The first-order chi connectivity index (χ1) is 12.5. The zero-order valence-electron chi connectivity index (χ0n) is 14.8. The minimum absolute atomic E-state index is 0.104. The fourth-order valence-corrected chi connectivity index (χ4v) is 3.44. The first-order valence-corrected chi connectivity index (χ1v) is 9.25. The van der Waals surface area contributed by atoms with Crippen molar-refractivity contribution < 1.29 is 13.9 Å². The largest absolute Gasteiger partial charge is 0.490 e. The maximum absolute atomic E-state index is 13.7. The van der Waals surface area contributed by atoms with E-state index in [1.807, 2.05) is 11.8 Å². The van der Waals surface area contributed by atoms with Crippen LogP contribution in [0.15, 0.2) is 36.7 Å². The molecule has 140 valence electrons. The van der Waals surface area contributed by atoms with Gasteiger partial charge in [0.05, 0.1) is 30.3 Å². The van der Waals surface area contributed by atoms with Gasteiger partial charge in [0.15, 0.2) is 11.6 Å². The van der Waals surface area contributed by atoms with Gasteiger partial charge in [-0.05, 0) is 25.0 Å². The van der Waals surface area contributed by atoms with Crippen LogP contribution in [0.5, 0.6) is 5.75 Å². The number of nitrogens with zero attached hydrogens (tertiary/aromatic N) is 3. The van der Waals surface area contributed by atoms with Gasteiger partial charge in [-0.25, -0.2) is 4.39 Å². The van der Waals surface area contributed by atoms with Crippen molar-refractivity contribution in [1.82, 2.24) is 14.7 Å². The predicted octanol–water partition coefficient (Wildman–Crippen LogP) is 3.63. The SMILES string of the molecule is C[C@H](Cn1cc(Cl)cn1)C(=O)N1CCC[C@@H](COc2ccccc2F)C1. The number of hydrogen-bond donors (Lipinski definition) is 0. The molecule has 3 rings (SSSR count). The summed E-state index contributed by atoms with van der Waals surface area (Å²) in [6, 6.07) is 6.39. The Labute approximate surface area is 157 Å². The molecule has 1 aliphatic rings. The topological polar surface area (TPSA) is 47.4 Å². The van der Waals surface area contributed by atoms with Crippen molar-refractivity contribution >= 4 is 17.5 Å². The zero-order valence-corrected chi connectivity index (χ0v) is 15.5. The van der Waals surface area contributed by atoms with Crippen molar-refractivity contribution in [3.05, 3.63) is 47.5 Å². The molecule has 2 atom stereocenters. The van der Waals surface area contributed by atoms with Crippen molar-refractivity contribution in [1.29, 1.82) is 0 Å². The maximum Gasteiger partial charge on any atom is 0.227 e. The summed E-state index contributed by atoms with van der Waals surface area (Å²) in [6.45, 7) is 4.19. The molecule has 1 fully saturated rings. The normalized spacial score (nSPS) is 18.6. The fraction of sp³-hybridized carbons (Fsp3) is 0.474. The van der Waals surface area contributed by atoms with E-state index >= 15 is 0 Å². The van der Waals surface area contributed by atoms with E-state index < -0.39 is 0 Å². The van der Waals surface area contributed by atoms with Crippen LogP contribution >= 0.6 is 11.6 Å². The van der Waals surface area contributed by atoms with E-state index in [2.05, 4.69) is 5.10 Å². The summed E-state index contributed by atoms with van der Waals surface area (Å²) in [7, 11) is 0. The first-order valence-electron chi connectivity index (χ1n) is 8.87. The smallest absolute Gasteiger partial charge is 0.227 e. The molecule has 1 saturated heterocycles. The van der Waals surface area contributed by atoms with Crippen LogP contribution in [0.1, 0.15) is 19.8 Å². The molecule has 1 amide bonds. The minimum atomic E-state index is -0.359. The fourth-order valence-electron chi connectivity index (χ4n) is 3.28. The van der Waals surface area contributed by atoms with Crippen molar-refractivity contribution in [2.24, 2.45) is 11.8 Å². The Morgan fingerprint density at radius 2 is 2.27 bits per heavy atom. The van der Waals surface area contributed by atoms with Crippen molar-refractivity contribution in [2.75, 3.05) is 19.7 Å². The maximum atomic E-state index is 13.7. The molecular formula is C19H23ClFN3O2. The van der Waals surface area contributed by atoms with Crippen LogP contribution < -0.4 is 4.74 Å². The van der Waals surface area contributed by atoms with Gasteiger partial charge >= 0.3 is 0 Å². The van der Waals surface area contributed by atoms with Gasteiger partial charge in [-0.3, -0.25) is 9.48 Å². The second-order valence-corrected chi connectivity index (χ2v) is 7.25. The molecule has 26 heavy (non-hydrogen) atoms. The van der Waals surface area contributed by atoms with Crippen molar-refractivity contribution in [3.63, 3.8) is 0 Å². The number of benzene rings is 1. The Morgan fingerprint density at radius 1 is 1.46 bits per heavy atom. The van der Waals surface area contributed by atoms with E-state index in [1.165, 1.54) is 6.07 Å². The number of carbonyl (C=O) groups excluding carboxylic acids is 1. The van der Waals surface area contributed by atoms with Crippen molar-refractivity contribution in [3.8, 4) is 5.75 Å². The second kappa shape index (κ2) is 8.54. The average Bonchev–Trinajstić information content (AvgIpc) is 3.05. The van der Waals surface area contributed by atoms with Gasteiger partial charge in [0.1, 0.15) is 0 Å². The number of ether oxygens (including phenoxy) is 1. The van der Waals surface area contributed by atoms with Gasteiger partial charge in [-0.2, -0.15) is 5.10 Å². The van der Waals surface area contributed by atoms with Crippen LogP contribution in [0.4, 0.5) is 4.39 Å². The number of carbonyl (C=O) groups is 1. The molecule has 0 bridgehead atoms. The Balaban J connectivity index is 1.52. The second-order valence-electron chi connectivity index (χ2n) is 6.82. The Morgan fingerprint density at radius 3 is 3.00 bits per heavy atom. The first kappa shape index (κ1) is 18.7. The van der Waals surface area contributed by atoms with Crippen LogP contribution in [0, 0.1) is 17.7 Å². The van der Waals surface area contributed by atoms with Crippen LogP contribution in [-0.2, 0) is 11.3 Å². The van der Waals surface area contributed by atoms with Crippen LogP contribution in [0.25, 0.3) is 0 Å². The summed E-state index contributed by atoms with van der Waals surface area (Å²) in [6.07, 6.45) is 5.18. The number of rotatable bonds is 6. The van der Waals surface area contributed by atoms with Crippen molar-refractivity contribution in [2.45, 2.75) is 26.3 Å². The molecule has 0 saturated carbocycles. The molecule has 0 radical (unpaired) electrons. The third-order valence-electron chi connectivity index (χ3n) is 4.63. The molecule has 1 aromatic heterocycles. The molecular weight excluding hydrogens is 357 g/mol. The Bertz CT molecular complexity index is 752. The Kier molecular flexibility index (Phi) is 6.14. The van der Waals surface area contributed by atoms with Gasteiger partial charge in [0.2, 0.25) is 5.91 Å². The predicted molar refractivity (Wildman–Crippen MR) is 97.6 cm³/mol. The number of piperidine rings is 1. The molecule has 0 unspecified atom stereocenters. The van der Waals surface area contributed by atoms with Gasteiger partial charge in [0, 0.05) is 25.2 Å². The molecule has 7 heteroatoms. The molecule has 0 N–H and O–H groups in total. The summed E-state index contributed by atoms with van der Waals surface area (Å²) >= 11 is 5.87. The lowest BCUT2D eigenvalue weighted by Gasteiger charge is -2.34. The molecule has 0 aliphatic carbocycles. The summed E-state index contributed by atoms with van der Waals surface area (Å²) < 4.78 is 21.0. The number of amides is 1. The lowest BCUT2D eigenvalue weighted by Crippen LogP contribution is -2.44. The molecule has 5 nitrogen and oxygen atoms in total. The van der Waals surface area contributed by atoms with E-state index in [-0.39, 0.29) is 29.3 Å². The number of hydrogen-bond acceptors (Lipinski definition) is 3. The van der Waals surface area contributed by atoms with Gasteiger partial charge in [-0.15, -0.1) is 0 Å². The Hall–Kier alpha value is -2.08. The average molecular weight is 380 g/mol. The third-order valence-corrected chi connectivity index (χ3v) is 4.82. The number of aromatic nitrogens is 2.